The highest BCUT2D eigenvalue weighted by Crippen LogP contribution is 2.24. The molecule has 0 aliphatic heterocycles. The highest BCUT2D eigenvalue weighted by atomic mass is 35.5. The first-order valence-electron chi connectivity index (χ1n) is 3.71. The predicted molar refractivity (Wildman–Crippen MR) is 51.5 cm³/mol. The van der Waals surface area contributed by atoms with E-state index >= 15 is 0 Å². The van der Waals surface area contributed by atoms with Crippen LogP contribution in [0.2, 0.25) is 10.2 Å². The fourth-order valence-electron chi connectivity index (χ4n) is 0.902. The zero-order valence-electron chi connectivity index (χ0n) is 6.94. The number of nitrogens with zero attached hydrogens (tertiary/aromatic N) is 1. The summed E-state index contributed by atoms with van der Waals surface area (Å²) in [6.07, 6.45) is -0.212. The number of pyridine rings is 1. The van der Waals surface area contributed by atoms with Crippen molar-refractivity contribution < 1.29 is 15.0 Å². The molecule has 2 N–H and O–H groups in total. The molecule has 0 saturated heterocycles. The van der Waals surface area contributed by atoms with Gasteiger partial charge in [0, 0.05) is 11.8 Å². The van der Waals surface area contributed by atoms with E-state index in [1.54, 1.807) is 0 Å². The van der Waals surface area contributed by atoms with Gasteiger partial charge in [-0.25, -0.2) is 4.98 Å². The second-order valence-electron chi connectivity index (χ2n) is 2.65. The van der Waals surface area contributed by atoms with Crippen molar-refractivity contribution in [3.05, 3.63) is 28.0 Å². The van der Waals surface area contributed by atoms with Gasteiger partial charge in [-0.15, -0.1) is 0 Å². The fourth-order valence-corrected chi connectivity index (χ4v) is 1.18. The summed E-state index contributed by atoms with van der Waals surface area (Å²) in [7, 11) is 0. The Hall–Kier alpha value is -0.840. The minimum Gasteiger partial charge on any atom is -0.481 e. The van der Waals surface area contributed by atoms with Crippen LogP contribution in [0.4, 0.5) is 0 Å². The third-order valence-corrected chi connectivity index (χ3v) is 2.26. The topological polar surface area (TPSA) is 70.4 Å². The summed E-state index contributed by atoms with van der Waals surface area (Å²) in [5.74, 6) is -1.09. The number of aliphatic hydroxyl groups is 1. The first-order chi connectivity index (χ1) is 6.50. The molecule has 4 nitrogen and oxygen atoms in total. The standard InChI is InChI=1S/C8H7Cl2NO3/c9-5-1-4(3-11-8(5)10)6(12)2-7(13)14/h1,3,6,12H,2H2,(H,13,14)/t6-/m1/s1. The molecule has 1 aromatic heterocycles. The van der Waals surface area contributed by atoms with Gasteiger partial charge in [0.15, 0.2) is 0 Å². The van der Waals surface area contributed by atoms with Crippen molar-refractivity contribution in [2.75, 3.05) is 0 Å². The van der Waals surface area contributed by atoms with E-state index in [4.69, 9.17) is 28.3 Å². The maximum atomic E-state index is 10.3. The average molecular weight is 236 g/mol. The summed E-state index contributed by atoms with van der Waals surface area (Å²) in [6, 6.07) is 1.39. The molecule has 6 heteroatoms. The second-order valence-corrected chi connectivity index (χ2v) is 3.42. The van der Waals surface area contributed by atoms with Gasteiger partial charge in [0.25, 0.3) is 0 Å². The molecule has 0 unspecified atom stereocenters. The Morgan fingerprint density at radius 1 is 1.57 bits per heavy atom. The molecule has 0 radical (unpaired) electrons. The maximum Gasteiger partial charge on any atom is 0.306 e. The summed E-state index contributed by atoms with van der Waals surface area (Å²) in [6.45, 7) is 0. The van der Waals surface area contributed by atoms with Crippen LogP contribution in [0.3, 0.4) is 0 Å². The molecule has 0 aromatic carbocycles. The number of aromatic nitrogens is 1. The smallest absolute Gasteiger partial charge is 0.306 e. The van der Waals surface area contributed by atoms with Gasteiger partial charge in [-0.1, -0.05) is 23.2 Å². The second kappa shape index (κ2) is 4.59. The van der Waals surface area contributed by atoms with Gasteiger partial charge in [0.1, 0.15) is 5.15 Å². The Kier molecular flexibility index (Phi) is 3.69. The van der Waals surface area contributed by atoms with Crippen molar-refractivity contribution in [2.24, 2.45) is 0 Å². The molecule has 14 heavy (non-hydrogen) atoms. The molecule has 1 heterocycles. The van der Waals surface area contributed by atoms with E-state index in [9.17, 15) is 9.90 Å². The summed E-state index contributed by atoms with van der Waals surface area (Å²) in [4.78, 5) is 14.0. The normalized spacial score (nSPS) is 12.5. The molecule has 0 amide bonds. The van der Waals surface area contributed by atoms with Crippen LogP contribution in [0.5, 0.6) is 0 Å². The van der Waals surface area contributed by atoms with E-state index in [1.165, 1.54) is 12.3 Å². The van der Waals surface area contributed by atoms with Crippen LogP contribution >= 0.6 is 23.2 Å². The lowest BCUT2D eigenvalue weighted by Crippen LogP contribution is -2.05. The van der Waals surface area contributed by atoms with Crippen LogP contribution in [0.25, 0.3) is 0 Å². The lowest BCUT2D eigenvalue weighted by atomic mass is 10.1. The van der Waals surface area contributed by atoms with E-state index in [0.29, 0.717) is 5.56 Å². The highest BCUT2D eigenvalue weighted by Gasteiger charge is 2.13. The van der Waals surface area contributed by atoms with Crippen LogP contribution in [0, 0.1) is 0 Å². The first kappa shape index (κ1) is 11.2. The number of carboxylic acids is 1. The molecule has 0 saturated carbocycles. The van der Waals surface area contributed by atoms with Crippen molar-refractivity contribution in [3.63, 3.8) is 0 Å². The number of aliphatic carboxylic acids is 1. The molecule has 1 rings (SSSR count). The molecule has 0 spiro atoms. The van der Waals surface area contributed by atoms with Gasteiger partial charge in [-0.3, -0.25) is 4.79 Å². The van der Waals surface area contributed by atoms with Gasteiger partial charge < -0.3 is 10.2 Å². The number of carboxylic acid groups (broad SMARTS) is 1. The Morgan fingerprint density at radius 2 is 2.21 bits per heavy atom. The minimum atomic E-state index is -1.12. The van der Waals surface area contributed by atoms with Gasteiger partial charge in [-0.05, 0) is 6.07 Å². The van der Waals surface area contributed by atoms with Crippen LogP contribution in [0.1, 0.15) is 18.1 Å². The van der Waals surface area contributed by atoms with E-state index in [0.717, 1.165) is 0 Å². The predicted octanol–water partition coefficient (Wildman–Crippen LogP) is 1.90. The van der Waals surface area contributed by atoms with E-state index in [2.05, 4.69) is 4.98 Å². The largest absolute Gasteiger partial charge is 0.481 e. The monoisotopic (exact) mass is 235 g/mol. The zero-order valence-corrected chi connectivity index (χ0v) is 8.46. The Labute approximate surface area is 90.1 Å². The highest BCUT2D eigenvalue weighted by molar-refractivity contribution is 6.41. The van der Waals surface area contributed by atoms with Crippen molar-refractivity contribution in [1.82, 2.24) is 4.98 Å². The molecule has 0 bridgehead atoms. The Bertz CT molecular complexity index is 356. The number of hydrogen-bond donors (Lipinski definition) is 2. The molecule has 0 aliphatic rings. The fraction of sp³-hybridized carbons (Fsp3) is 0.250. The lowest BCUT2D eigenvalue weighted by molar-refractivity contribution is -0.139. The SMILES string of the molecule is O=C(O)C[C@@H](O)c1cnc(Cl)c(Cl)c1. The molecule has 1 aromatic rings. The number of halogens is 2. The molecular formula is C8H7Cl2NO3. The molecule has 76 valence electrons. The minimum absolute atomic E-state index is 0.123. The third kappa shape index (κ3) is 2.83. The Balaban J connectivity index is 2.85. The van der Waals surface area contributed by atoms with E-state index in [1.807, 2.05) is 0 Å². The molecule has 0 aliphatic carbocycles. The molecular weight excluding hydrogens is 229 g/mol. The van der Waals surface area contributed by atoms with Gasteiger partial charge in [0.05, 0.1) is 17.5 Å². The summed E-state index contributed by atoms with van der Waals surface area (Å²) < 4.78 is 0. The average Bonchev–Trinajstić information content (AvgIpc) is 2.08. The van der Waals surface area contributed by atoms with Crippen molar-refractivity contribution >= 4 is 29.2 Å². The van der Waals surface area contributed by atoms with Crippen LogP contribution in [-0.2, 0) is 4.79 Å². The zero-order chi connectivity index (χ0) is 10.7. The van der Waals surface area contributed by atoms with Crippen molar-refractivity contribution in [3.8, 4) is 0 Å². The lowest BCUT2D eigenvalue weighted by Gasteiger charge is -2.07. The maximum absolute atomic E-state index is 10.3. The van der Waals surface area contributed by atoms with Crippen molar-refractivity contribution in [2.45, 2.75) is 12.5 Å². The number of hydrogen-bond acceptors (Lipinski definition) is 3. The summed E-state index contributed by atoms with van der Waals surface area (Å²) in [5, 5.41) is 18.1. The number of carbonyl (C=O) groups is 1. The van der Waals surface area contributed by atoms with Crippen molar-refractivity contribution in [1.29, 1.82) is 0 Å². The van der Waals surface area contributed by atoms with Gasteiger partial charge >= 0.3 is 5.97 Å². The van der Waals surface area contributed by atoms with E-state index in [-0.39, 0.29) is 16.6 Å². The third-order valence-electron chi connectivity index (χ3n) is 1.57. The first-order valence-corrected chi connectivity index (χ1v) is 4.47. The summed E-state index contributed by atoms with van der Waals surface area (Å²) in [5.41, 5.74) is 0.335. The van der Waals surface area contributed by atoms with Gasteiger partial charge in [-0.2, -0.15) is 0 Å². The van der Waals surface area contributed by atoms with E-state index < -0.39 is 12.1 Å². The molecule has 0 fully saturated rings. The number of aliphatic hydroxyl groups excluding tert-OH is 1. The molecule has 1 atom stereocenters. The van der Waals surface area contributed by atoms with Crippen LogP contribution in [-0.4, -0.2) is 21.2 Å². The Morgan fingerprint density at radius 3 is 2.71 bits per heavy atom. The number of rotatable bonds is 3. The summed E-state index contributed by atoms with van der Waals surface area (Å²) >= 11 is 11.2. The quantitative estimate of drug-likeness (QED) is 0.786. The van der Waals surface area contributed by atoms with Crippen LogP contribution < -0.4 is 0 Å². The van der Waals surface area contributed by atoms with Crippen LogP contribution in [0.15, 0.2) is 12.3 Å². The van der Waals surface area contributed by atoms with Gasteiger partial charge in [0.2, 0.25) is 0 Å².